The lowest BCUT2D eigenvalue weighted by Gasteiger charge is -2.04. The zero-order valence-electron chi connectivity index (χ0n) is 7.41. The van der Waals surface area contributed by atoms with Crippen molar-refractivity contribution >= 4 is 27.5 Å². The number of aliphatic hydroxyl groups excluding tert-OH is 1. The Kier molecular flexibility index (Phi) is 4.57. The molecule has 14 heavy (non-hydrogen) atoms. The summed E-state index contributed by atoms with van der Waals surface area (Å²) in [5, 5.41) is 8.75. The average molecular weight is 282 g/mol. The average Bonchev–Trinajstić information content (AvgIpc) is 2.18. The van der Waals surface area contributed by atoms with Crippen LogP contribution in [-0.2, 0) is 6.54 Å². The fourth-order valence-corrected chi connectivity index (χ4v) is 1.45. The number of aliphatic hydroxyl groups is 1. The second-order valence-electron chi connectivity index (χ2n) is 2.78. The zero-order chi connectivity index (χ0) is 10.6. The van der Waals surface area contributed by atoms with Crippen molar-refractivity contribution in [3.05, 3.63) is 26.3 Å². The Morgan fingerprint density at radius 2 is 2.29 bits per heavy atom. The van der Waals surface area contributed by atoms with Gasteiger partial charge in [-0.25, -0.2) is 4.98 Å². The van der Waals surface area contributed by atoms with E-state index in [0.29, 0.717) is 13.0 Å². The molecule has 0 aromatic carbocycles. The molecule has 1 N–H and O–H groups in total. The van der Waals surface area contributed by atoms with Crippen molar-refractivity contribution in [3.63, 3.8) is 0 Å². The van der Waals surface area contributed by atoms with Crippen LogP contribution in [0.15, 0.2) is 15.6 Å². The molecule has 0 saturated carbocycles. The van der Waals surface area contributed by atoms with Crippen LogP contribution in [0.25, 0.3) is 0 Å². The van der Waals surface area contributed by atoms with Gasteiger partial charge in [0.15, 0.2) is 5.15 Å². The highest BCUT2D eigenvalue weighted by molar-refractivity contribution is 9.10. The maximum Gasteiger partial charge on any atom is 0.269 e. The quantitative estimate of drug-likeness (QED) is 0.671. The lowest BCUT2D eigenvalue weighted by molar-refractivity contribution is 0.281. The molecule has 1 heterocycles. The van der Waals surface area contributed by atoms with E-state index in [4.69, 9.17) is 16.7 Å². The Balaban J connectivity index is 2.79. The van der Waals surface area contributed by atoms with Gasteiger partial charge in [-0.1, -0.05) is 11.6 Å². The van der Waals surface area contributed by atoms with E-state index < -0.39 is 0 Å². The Labute approximate surface area is 94.7 Å². The van der Waals surface area contributed by atoms with E-state index in [2.05, 4.69) is 20.9 Å². The molecule has 0 bridgehead atoms. The summed E-state index contributed by atoms with van der Waals surface area (Å²) in [6.07, 6.45) is 2.83. The number of unbranched alkanes of at least 4 members (excludes halogenated alkanes) is 1. The van der Waals surface area contributed by atoms with Gasteiger partial charge < -0.3 is 5.11 Å². The second kappa shape index (κ2) is 5.48. The molecule has 0 saturated heterocycles. The Hall–Kier alpha value is -0.390. The number of halogens is 2. The maximum atomic E-state index is 11.5. The van der Waals surface area contributed by atoms with Gasteiger partial charge in [-0.05, 0) is 28.8 Å². The summed E-state index contributed by atoms with van der Waals surface area (Å²) in [6, 6.07) is 0. The Bertz CT molecular complexity index is 367. The van der Waals surface area contributed by atoms with Crippen LogP contribution >= 0.6 is 27.5 Å². The molecule has 0 aliphatic carbocycles. The lowest BCUT2D eigenvalue weighted by atomic mass is 10.3. The van der Waals surface area contributed by atoms with Crippen LogP contribution in [-0.4, -0.2) is 21.3 Å². The van der Waals surface area contributed by atoms with Crippen LogP contribution in [0.3, 0.4) is 0 Å². The lowest BCUT2D eigenvalue weighted by Crippen LogP contribution is -2.21. The topological polar surface area (TPSA) is 55.1 Å². The van der Waals surface area contributed by atoms with Crippen molar-refractivity contribution in [2.45, 2.75) is 19.4 Å². The molecule has 0 unspecified atom stereocenters. The van der Waals surface area contributed by atoms with Crippen molar-refractivity contribution < 1.29 is 5.11 Å². The van der Waals surface area contributed by atoms with Crippen molar-refractivity contribution in [1.29, 1.82) is 0 Å². The number of aryl methyl sites for hydroxylation is 1. The van der Waals surface area contributed by atoms with Crippen LogP contribution in [0, 0.1) is 0 Å². The number of hydrogen-bond donors (Lipinski definition) is 1. The first-order valence-corrected chi connectivity index (χ1v) is 5.35. The minimum Gasteiger partial charge on any atom is -0.396 e. The predicted octanol–water partition coefficient (Wildman–Crippen LogP) is 1.43. The van der Waals surface area contributed by atoms with Gasteiger partial charge in [-0.2, -0.15) is 0 Å². The van der Waals surface area contributed by atoms with Gasteiger partial charge in [-0.3, -0.25) is 9.36 Å². The molecule has 1 aromatic heterocycles. The van der Waals surface area contributed by atoms with Gasteiger partial charge in [-0.15, -0.1) is 0 Å². The van der Waals surface area contributed by atoms with Crippen molar-refractivity contribution in [2.75, 3.05) is 6.61 Å². The molecule has 1 rings (SSSR count). The summed E-state index contributed by atoms with van der Waals surface area (Å²) < 4.78 is 1.75. The van der Waals surface area contributed by atoms with Gasteiger partial charge in [0.1, 0.15) is 4.47 Å². The van der Waals surface area contributed by atoms with Crippen LogP contribution in [0.1, 0.15) is 12.8 Å². The minimum atomic E-state index is -0.192. The number of aromatic nitrogens is 2. The number of rotatable bonds is 4. The molecule has 0 amide bonds. The van der Waals surface area contributed by atoms with Gasteiger partial charge >= 0.3 is 0 Å². The summed E-state index contributed by atoms with van der Waals surface area (Å²) in [7, 11) is 0. The first-order valence-electron chi connectivity index (χ1n) is 4.18. The van der Waals surface area contributed by atoms with Gasteiger partial charge in [0.05, 0.1) is 6.33 Å². The Morgan fingerprint density at radius 3 is 2.93 bits per heavy atom. The normalized spacial score (nSPS) is 10.5. The monoisotopic (exact) mass is 280 g/mol. The second-order valence-corrected chi connectivity index (χ2v) is 3.93. The first kappa shape index (κ1) is 11.7. The molecule has 6 heteroatoms. The first-order chi connectivity index (χ1) is 6.66. The Morgan fingerprint density at radius 1 is 1.57 bits per heavy atom. The van der Waals surface area contributed by atoms with E-state index in [1.54, 1.807) is 0 Å². The molecule has 1 aromatic rings. The van der Waals surface area contributed by atoms with Gasteiger partial charge in [0.2, 0.25) is 0 Å². The van der Waals surface area contributed by atoms with E-state index in [0.717, 1.165) is 6.42 Å². The molecular weight excluding hydrogens is 271 g/mol. The van der Waals surface area contributed by atoms with Gasteiger partial charge in [0, 0.05) is 13.2 Å². The van der Waals surface area contributed by atoms with E-state index in [-0.39, 0.29) is 21.8 Å². The molecule has 0 aliphatic heterocycles. The van der Waals surface area contributed by atoms with E-state index >= 15 is 0 Å². The highest BCUT2D eigenvalue weighted by atomic mass is 79.9. The van der Waals surface area contributed by atoms with Crippen LogP contribution in [0.5, 0.6) is 0 Å². The highest BCUT2D eigenvalue weighted by Gasteiger charge is 2.05. The third kappa shape index (κ3) is 2.80. The summed E-state index contributed by atoms with van der Waals surface area (Å²) in [4.78, 5) is 15.4. The van der Waals surface area contributed by atoms with Crippen molar-refractivity contribution in [2.24, 2.45) is 0 Å². The smallest absolute Gasteiger partial charge is 0.269 e. The van der Waals surface area contributed by atoms with Gasteiger partial charge in [0.25, 0.3) is 5.56 Å². The van der Waals surface area contributed by atoms with Crippen LogP contribution in [0.4, 0.5) is 0 Å². The number of nitrogens with zero attached hydrogens (tertiary/aromatic N) is 2. The molecule has 0 fully saturated rings. The molecule has 78 valence electrons. The fraction of sp³-hybridized carbons (Fsp3) is 0.500. The van der Waals surface area contributed by atoms with Crippen molar-refractivity contribution in [3.8, 4) is 0 Å². The third-order valence-corrected chi connectivity index (χ3v) is 2.98. The molecule has 4 nitrogen and oxygen atoms in total. The fourth-order valence-electron chi connectivity index (χ4n) is 0.997. The summed E-state index contributed by atoms with van der Waals surface area (Å²) in [6.45, 7) is 0.680. The predicted molar refractivity (Wildman–Crippen MR) is 57.5 cm³/mol. The van der Waals surface area contributed by atoms with E-state index in [1.807, 2.05) is 0 Å². The SMILES string of the molecule is O=c1c(Br)c(Cl)ncn1CCCCO. The van der Waals surface area contributed by atoms with E-state index in [9.17, 15) is 4.79 Å². The summed E-state index contributed by atoms with van der Waals surface area (Å²) >= 11 is 8.70. The largest absolute Gasteiger partial charge is 0.396 e. The third-order valence-electron chi connectivity index (χ3n) is 1.75. The number of hydrogen-bond acceptors (Lipinski definition) is 3. The van der Waals surface area contributed by atoms with Crippen molar-refractivity contribution in [1.82, 2.24) is 9.55 Å². The van der Waals surface area contributed by atoms with E-state index in [1.165, 1.54) is 10.9 Å². The summed E-state index contributed by atoms with van der Waals surface area (Å²) in [5.74, 6) is 0. The standard InChI is InChI=1S/C8H10BrClN2O2/c9-6-7(10)11-5-12(8(6)14)3-1-2-4-13/h5,13H,1-4H2. The minimum absolute atomic E-state index is 0.136. The maximum absolute atomic E-state index is 11.5. The molecule has 0 aliphatic rings. The molecule has 0 radical (unpaired) electrons. The van der Waals surface area contributed by atoms with Crippen LogP contribution < -0.4 is 5.56 Å². The zero-order valence-corrected chi connectivity index (χ0v) is 9.75. The van der Waals surface area contributed by atoms with Crippen LogP contribution in [0.2, 0.25) is 5.15 Å². The molecule has 0 atom stereocenters. The molecular formula is C8H10BrClN2O2. The highest BCUT2D eigenvalue weighted by Crippen LogP contribution is 2.13. The summed E-state index contributed by atoms with van der Waals surface area (Å²) in [5.41, 5.74) is -0.192. The molecule has 0 spiro atoms.